The minimum atomic E-state index is -2.65. The molecular weight excluding hydrogens is 563 g/mol. The van der Waals surface area contributed by atoms with Crippen LogP contribution in [-0.2, 0) is 11.0 Å². The van der Waals surface area contributed by atoms with Gasteiger partial charge in [0.15, 0.2) is 0 Å². The summed E-state index contributed by atoms with van der Waals surface area (Å²) in [5.41, 5.74) is 3.84. The molecule has 45 heavy (non-hydrogen) atoms. The van der Waals surface area contributed by atoms with Gasteiger partial charge in [0.2, 0.25) is 0 Å². The van der Waals surface area contributed by atoms with Crippen molar-refractivity contribution in [3.63, 3.8) is 0 Å². The fourth-order valence-corrected chi connectivity index (χ4v) is 11.1. The summed E-state index contributed by atoms with van der Waals surface area (Å²) in [5, 5.41) is 2.57. The molecule has 0 amide bonds. The van der Waals surface area contributed by atoms with E-state index in [0.717, 1.165) is 13.0 Å². The van der Waals surface area contributed by atoms with E-state index in [0.29, 0.717) is 6.61 Å². The standard InChI is InChI=1S/C42H47NOSi/c1-35(38-24-14-7-15-25-38)43(34-37-22-12-6-13-23-37)39(31-30-36-20-10-5-11-21-36)32-33-44-45(42(2,3)4,40-26-16-8-17-27-40)41-28-18-9-19-29-41/h5-31,35,39H,32-34H2,1-4H3/b31-30+/t35-,39-/m0/s1. The molecule has 0 spiro atoms. The van der Waals surface area contributed by atoms with E-state index in [1.807, 2.05) is 0 Å². The first-order valence-electron chi connectivity index (χ1n) is 16.2. The molecule has 0 fully saturated rings. The Hall–Kier alpha value is -4.02. The Balaban J connectivity index is 1.53. The van der Waals surface area contributed by atoms with E-state index < -0.39 is 8.32 Å². The topological polar surface area (TPSA) is 12.5 Å². The summed E-state index contributed by atoms with van der Waals surface area (Å²) in [6.45, 7) is 10.9. The van der Waals surface area contributed by atoms with E-state index in [1.165, 1.54) is 27.1 Å². The van der Waals surface area contributed by atoms with E-state index in [1.54, 1.807) is 0 Å². The predicted molar refractivity (Wildman–Crippen MR) is 194 cm³/mol. The van der Waals surface area contributed by atoms with Gasteiger partial charge in [-0.2, -0.15) is 0 Å². The first-order valence-corrected chi connectivity index (χ1v) is 18.1. The molecule has 0 aliphatic rings. The van der Waals surface area contributed by atoms with Gasteiger partial charge in [-0.15, -0.1) is 0 Å². The van der Waals surface area contributed by atoms with Crippen molar-refractivity contribution in [2.24, 2.45) is 0 Å². The lowest BCUT2D eigenvalue weighted by molar-refractivity contribution is 0.138. The van der Waals surface area contributed by atoms with Crippen molar-refractivity contribution in [2.45, 2.75) is 57.8 Å². The second-order valence-corrected chi connectivity index (χ2v) is 17.2. The lowest BCUT2D eigenvalue weighted by Crippen LogP contribution is -2.66. The molecule has 0 aliphatic carbocycles. The number of hydrogen-bond acceptors (Lipinski definition) is 2. The molecule has 0 heterocycles. The molecule has 0 unspecified atom stereocenters. The number of rotatable bonds is 13. The van der Waals surface area contributed by atoms with E-state index in [-0.39, 0.29) is 17.1 Å². The normalized spacial score (nSPS) is 13.6. The van der Waals surface area contributed by atoms with Crippen molar-refractivity contribution in [1.29, 1.82) is 0 Å². The van der Waals surface area contributed by atoms with E-state index >= 15 is 0 Å². The minimum absolute atomic E-state index is 0.0634. The monoisotopic (exact) mass is 609 g/mol. The molecule has 230 valence electrons. The largest absolute Gasteiger partial charge is 0.407 e. The zero-order chi connectivity index (χ0) is 31.5. The maximum atomic E-state index is 7.41. The van der Waals surface area contributed by atoms with Gasteiger partial charge in [0.25, 0.3) is 8.32 Å². The molecule has 0 N–H and O–H groups in total. The molecular formula is C42H47NOSi. The Labute approximate surface area is 272 Å². The van der Waals surface area contributed by atoms with Gasteiger partial charge in [0.1, 0.15) is 0 Å². The second kappa shape index (κ2) is 15.3. The van der Waals surface area contributed by atoms with Crippen LogP contribution < -0.4 is 10.4 Å². The van der Waals surface area contributed by atoms with Crippen LogP contribution in [-0.4, -0.2) is 25.9 Å². The van der Waals surface area contributed by atoms with Crippen LogP contribution in [0.1, 0.15) is 56.8 Å². The fourth-order valence-electron chi connectivity index (χ4n) is 6.51. The maximum absolute atomic E-state index is 7.41. The fraction of sp³-hybridized carbons (Fsp3) is 0.238. The number of hydrogen-bond donors (Lipinski definition) is 0. The zero-order valence-corrected chi connectivity index (χ0v) is 28.2. The average Bonchev–Trinajstić information content (AvgIpc) is 3.08. The van der Waals surface area contributed by atoms with Crippen molar-refractivity contribution in [3.05, 3.63) is 174 Å². The smallest absolute Gasteiger partial charge is 0.261 e. The van der Waals surface area contributed by atoms with Crippen LogP contribution in [0.25, 0.3) is 6.08 Å². The van der Waals surface area contributed by atoms with E-state index in [2.05, 4.69) is 196 Å². The van der Waals surface area contributed by atoms with Crippen LogP contribution in [0.3, 0.4) is 0 Å². The number of benzene rings is 5. The molecule has 0 saturated carbocycles. The van der Waals surface area contributed by atoms with E-state index in [4.69, 9.17) is 4.43 Å². The van der Waals surface area contributed by atoms with Gasteiger partial charge in [-0.3, -0.25) is 4.90 Å². The van der Waals surface area contributed by atoms with Gasteiger partial charge in [-0.05, 0) is 45.4 Å². The third-order valence-corrected chi connectivity index (χ3v) is 13.9. The first-order chi connectivity index (χ1) is 21.9. The lowest BCUT2D eigenvalue weighted by Gasteiger charge is -2.43. The summed E-state index contributed by atoms with van der Waals surface area (Å²) >= 11 is 0. The Kier molecular flexibility index (Phi) is 11.0. The molecule has 0 radical (unpaired) electrons. The third-order valence-electron chi connectivity index (χ3n) is 8.87. The predicted octanol–water partition coefficient (Wildman–Crippen LogP) is 9.30. The van der Waals surface area contributed by atoms with Crippen molar-refractivity contribution in [1.82, 2.24) is 4.90 Å². The third kappa shape index (κ3) is 7.98. The number of nitrogens with zero attached hydrogens (tertiary/aromatic N) is 1. The summed E-state index contributed by atoms with van der Waals surface area (Å²) in [6.07, 6.45) is 5.55. The van der Waals surface area contributed by atoms with Gasteiger partial charge in [0.05, 0.1) is 0 Å². The molecule has 0 aliphatic heterocycles. The van der Waals surface area contributed by atoms with Gasteiger partial charge in [-0.1, -0.05) is 185 Å². The quantitative estimate of drug-likeness (QED) is 0.123. The molecule has 0 bridgehead atoms. The maximum Gasteiger partial charge on any atom is 0.261 e. The van der Waals surface area contributed by atoms with Crippen molar-refractivity contribution >= 4 is 24.8 Å². The van der Waals surface area contributed by atoms with Gasteiger partial charge in [-0.25, -0.2) is 0 Å². The van der Waals surface area contributed by atoms with Gasteiger partial charge < -0.3 is 4.43 Å². The van der Waals surface area contributed by atoms with Gasteiger partial charge >= 0.3 is 0 Å². The Morgan fingerprint density at radius 3 is 1.62 bits per heavy atom. The van der Waals surface area contributed by atoms with Crippen molar-refractivity contribution in [3.8, 4) is 0 Å². The van der Waals surface area contributed by atoms with Crippen LogP contribution in [0, 0.1) is 0 Å². The van der Waals surface area contributed by atoms with Gasteiger partial charge in [0, 0.05) is 25.2 Å². The molecule has 2 nitrogen and oxygen atoms in total. The van der Waals surface area contributed by atoms with Crippen LogP contribution in [0.15, 0.2) is 158 Å². The Bertz CT molecular complexity index is 1540. The second-order valence-electron chi connectivity index (χ2n) is 12.9. The summed E-state index contributed by atoms with van der Waals surface area (Å²) in [6, 6.07) is 54.7. The molecule has 5 rings (SSSR count). The SMILES string of the molecule is C[C@@H](c1ccccc1)N(Cc1ccccc1)[C@@H](/C=C/c1ccccc1)CCO[Si](c1ccccc1)(c1ccccc1)C(C)(C)C. The summed E-state index contributed by atoms with van der Waals surface area (Å²) in [7, 11) is -2.65. The van der Waals surface area contributed by atoms with Crippen LogP contribution in [0.2, 0.25) is 5.04 Å². The highest BCUT2D eigenvalue weighted by Gasteiger charge is 2.50. The first kappa shape index (κ1) is 32.4. The molecule has 5 aromatic rings. The molecule has 5 aromatic carbocycles. The zero-order valence-electron chi connectivity index (χ0n) is 27.2. The molecule has 2 atom stereocenters. The van der Waals surface area contributed by atoms with Crippen LogP contribution in [0.5, 0.6) is 0 Å². The van der Waals surface area contributed by atoms with Crippen molar-refractivity contribution in [2.75, 3.05) is 6.61 Å². The minimum Gasteiger partial charge on any atom is -0.407 e. The van der Waals surface area contributed by atoms with Crippen LogP contribution in [0.4, 0.5) is 0 Å². The highest BCUT2D eigenvalue weighted by atomic mass is 28.4. The van der Waals surface area contributed by atoms with E-state index in [9.17, 15) is 0 Å². The average molecular weight is 610 g/mol. The summed E-state index contributed by atoms with van der Waals surface area (Å²) in [5.74, 6) is 0. The molecule has 3 heteroatoms. The highest BCUT2D eigenvalue weighted by molar-refractivity contribution is 6.99. The van der Waals surface area contributed by atoms with Crippen molar-refractivity contribution < 1.29 is 4.43 Å². The molecule has 0 aromatic heterocycles. The van der Waals surface area contributed by atoms with Crippen LogP contribution >= 0.6 is 0 Å². The Morgan fingerprint density at radius 2 is 1.11 bits per heavy atom. The highest BCUT2D eigenvalue weighted by Crippen LogP contribution is 2.37. The summed E-state index contributed by atoms with van der Waals surface area (Å²) < 4.78 is 7.41. The molecule has 0 saturated heterocycles. The Morgan fingerprint density at radius 1 is 0.644 bits per heavy atom. The lowest BCUT2D eigenvalue weighted by atomic mass is 10.0. The summed E-state index contributed by atoms with van der Waals surface area (Å²) in [4.78, 5) is 2.64.